The van der Waals surface area contributed by atoms with Gasteiger partial charge in [0.05, 0.1) is 11.1 Å². The number of rotatable bonds is 7. The van der Waals surface area contributed by atoms with Crippen LogP contribution in [0.2, 0.25) is 0 Å². The van der Waals surface area contributed by atoms with E-state index < -0.39 is 5.97 Å². The monoisotopic (exact) mass is 422 g/mol. The van der Waals surface area contributed by atoms with E-state index in [1.165, 1.54) is 6.42 Å². The first-order valence-electron chi connectivity index (χ1n) is 10.8. The second kappa shape index (κ2) is 10.8. The lowest BCUT2D eigenvalue weighted by atomic mass is 9.86. The molecule has 1 aliphatic carbocycles. The van der Waals surface area contributed by atoms with Crippen molar-refractivity contribution < 1.29 is 19.1 Å². The molecule has 0 spiro atoms. The quantitative estimate of drug-likeness (QED) is 0.689. The molecule has 1 fully saturated rings. The predicted octanol–water partition coefficient (Wildman–Crippen LogP) is 3.81. The van der Waals surface area contributed by atoms with Crippen LogP contribution in [0, 0.1) is 5.92 Å². The Balaban J connectivity index is 1.60. The fraction of sp³-hybridized carbons (Fsp3) is 0.400. The summed E-state index contributed by atoms with van der Waals surface area (Å²) >= 11 is 0. The third-order valence-electron chi connectivity index (χ3n) is 5.78. The summed E-state index contributed by atoms with van der Waals surface area (Å²) in [5, 5.41) is 2.97. The highest BCUT2D eigenvalue weighted by molar-refractivity contribution is 6.05. The first-order chi connectivity index (χ1) is 15.0. The molecule has 2 aromatic rings. The summed E-state index contributed by atoms with van der Waals surface area (Å²) < 4.78 is 5.23. The van der Waals surface area contributed by atoms with Gasteiger partial charge in [-0.25, -0.2) is 4.79 Å². The zero-order valence-corrected chi connectivity index (χ0v) is 18.2. The van der Waals surface area contributed by atoms with Crippen molar-refractivity contribution in [3.8, 4) is 0 Å². The van der Waals surface area contributed by atoms with Gasteiger partial charge in [-0.1, -0.05) is 62.2 Å². The van der Waals surface area contributed by atoms with Gasteiger partial charge in [0.1, 0.15) is 0 Å². The Morgan fingerprint density at radius 1 is 0.968 bits per heavy atom. The SMILES string of the molecule is C[C@H]1CCCC[C@H]1NC(=O)COC(=O)c1ccccc1C(=O)N(C)Cc1ccccc1. The molecule has 2 aromatic carbocycles. The topological polar surface area (TPSA) is 75.7 Å². The van der Waals surface area contributed by atoms with Crippen LogP contribution in [-0.2, 0) is 16.1 Å². The van der Waals surface area contributed by atoms with Crippen molar-refractivity contribution in [2.45, 2.75) is 45.2 Å². The van der Waals surface area contributed by atoms with Crippen molar-refractivity contribution in [1.82, 2.24) is 10.2 Å². The molecule has 0 heterocycles. The van der Waals surface area contributed by atoms with Crippen molar-refractivity contribution in [3.63, 3.8) is 0 Å². The summed E-state index contributed by atoms with van der Waals surface area (Å²) in [7, 11) is 1.69. The molecule has 0 unspecified atom stereocenters. The highest BCUT2D eigenvalue weighted by Gasteiger charge is 2.24. The van der Waals surface area contributed by atoms with Gasteiger partial charge in [-0.05, 0) is 36.5 Å². The third kappa shape index (κ3) is 6.17. The Morgan fingerprint density at radius 3 is 2.32 bits per heavy atom. The average molecular weight is 423 g/mol. The van der Waals surface area contributed by atoms with E-state index in [9.17, 15) is 14.4 Å². The van der Waals surface area contributed by atoms with E-state index in [1.54, 1.807) is 36.2 Å². The molecule has 1 N–H and O–H groups in total. The Hall–Kier alpha value is -3.15. The van der Waals surface area contributed by atoms with Crippen molar-refractivity contribution in [2.24, 2.45) is 5.92 Å². The summed E-state index contributed by atoms with van der Waals surface area (Å²) in [6, 6.07) is 16.3. The maximum Gasteiger partial charge on any atom is 0.339 e. The zero-order valence-electron chi connectivity index (χ0n) is 18.2. The van der Waals surface area contributed by atoms with Crippen LogP contribution in [0.15, 0.2) is 54.6 Å². The molecular formula is C25H30N2O4. The Labute approximate surface area is 183 Å². The lowest BCUT2D eigenvalue weighted by Gasteiger charge is -2.29. The number of nitrogens with zero attached hydrogens (tertiary/aromatic N) is 1. The summed E-state index contributed by atoms with van der Waals surface area (Å²) in [6.07, 6.45) is 4.33. The number of carbonyl (C=O) groups is 3. The van der Waals surface area contributed by atoms with Crippen molar-refractivity contribution in [3.05, 3.63) is 71.3 Å². The lowest BCUT2D eigenvalue weighted by Crippen LogP contribution is -2.43. The van der Waals surface area contributed by atoms with Crippen LogP contribution in [0.4, 0.5) is 0 Å². The minimum absolute atomic E-state index is 0.125. The summed E-state index contributed by atoms with van der Waals surface area (Å²) in [4.78, 5) is 39.4. The summed E-state index contributed by atoms with van der Waals surface area (Å²) in [6.45, 7) is 2.19. The van der Waals surface area contributed by atoms with Gasteiger partial charge in [0, 0.05) is 19.6 Å². The van der Waals surface area contributed by atoms with Crippen LogP contribution in [0.5, 0.6) is 0 Å². The van der Waals surface area contributed by atoms with Crippen molar-refractivity contribution in [2.75, 3.05) is 13.7 Å². The van der Waals surface area contributed by atoms with Gasteiger partial charge >= 0.3 is 5.97 Å². The maximum absolute atomic E-state index is 13.0. The summed E-state index contributed by atoms with van der Waals surface area (Å²) in [5.74, 6) is -0.843. The number of amides is 2. The van der Waals surface area contributed by atoms with Crippen LogP contribution in [0.25, 0.3) is 0 Å². The van der Waals surface area contributed by atoms with Crippen LogP contribution in [0.1, 0.15) is 58.9 Å². The van der Waals surface area contributed by atoms with Crippen molar-refractivity contribution >= 4 is 17.8 Å². The summed E-state index contributed by atoms with van der Waals surface area (Å²) in [5.41, 5.74) is 1.41. The van der Waals surface area contributed by atoms with Gasteiger partial charge in [-0.2, -0.15) is 0 Å². The molecular weight excluding hydrogens is 392 g/mol. The van der Waals surface area contributed by atoms with Crippen LogP contribution < -0.4 is 5.32 Å². The van der Waals surface area contributed by atoms with Crippen LogP contribution >= 0.6 is 0 Å². The van der Waals surface area contributed by atoms with E-state index in [0.717, 1.165) is 24.8 Å². The first-order valence-corrected chi connectivity index (χ1v) is 10.8. The normalized spacial score (nSPS) is 18.1. The molecule has 0 saturated heterocycles. The van der Waals surface area contributed by atoms with E-state index >= 15 is 0 Å². The number of esters is 1. The van der Waals surface area contributed by atoms with E-state index in [1.807, 2.05) is 30.3 Å². The fourth-order valence-electron chi connectivity index (χ4n) is 3.97. The molecule has 164 valence electrons. The molecule has 0 aliphatic heterocycles. The van der Waals surface area contributed by atoms with E-state index in [2.05, 4.69) is 12.2 Å². The molecule has 0 bridgehead atoms. The van der Waals surface area contributed by atoms with Gasteiger partial charge in [-0.15, -0.1) is 0 Å². The highest BCUT2D eigenvalue weighted by atomic mass is 16.5. The average Bonchev–Trinajstić information content (AvgIpc) is 2.79. The van der Waals surface area contributed by atoms with Gasteiger partial charge in [0.15, 0.2) is 6.61 Å². The number of carbonyl (C=O) groups excluding carboxylic acids is 3. The number of ether oxygens (including phenoxy) is 1. The third-order valence-corrected chi connectivity index (χ3v) is 5.78. The molecule has 3 rings (SSSR count). The van der Waals surface area contributed by atoms with E-state index in [0.29, 0.717) is 12.5 Å². The van der Waals surface area contributed by atoms with E-state index in [4.69, 9.17) is 4.74 Å². The van der Waals surface area contributed by atoms with Crippen LogP contribution in [-0.4, -0.2) is 42.4 Å². The molecule has 6 nitrogen and oxygen atoms in total. The number of hydrogen-bond donors (Lipinski definition) is 1. The lowest BCUT2D eigenvalue weighted by molar-refractivity contribution is -0.125. The molecule has 31 heavy (non-hydrogen) atoms. The fourth-order valence-corrected chi connectivity index (χ4v) is 3.97. The standard InChI is InChI=1S/C25H30N2O4/c1-18-10-6-9-15-22(18)26-23(28)17-31-25(30)21-14-8-7-13-20(21)24(29)27(2)16-19-11-4-3-5-12-19/h3-5,7-8,11-14,18,22H,6,9-10,15-17H2,1-2H3,(H,26,28)/t18-,22+/m0/s1. The van der Waals surface area contributed by atoms with Gasteiger partial charge in [0.25, 0.3) is 11.8 Å². The zero-order chi connectivity index (χ0) is 22.2. The minimum atomic E-state index is -0.677. The largest absolute Gasteiger partial charge is 0.452 e. The molecule has 0 radical (unpaired) electrons. The van der Waals surface area contributed by atoms with Crippen molar-refractivity contribution in [1.29, 1.82) is 0 Å². The molecule has 2 amide bonds. The first kappa shape index (κ1) is 22.5. The molecule has 1 saturated carbocycles. The Morgan fingerprint density at radius 2 is 1.61 bits per heavy atom. The van der Waals surface area contributed by atoms with Gasteiger partial charge < -0.3 is 15.0 Å². The maximum atomic E-state index is 13.0. The highest BCUT2D eigenvalue weighted by Crippen LogP contribution is 2.23. The van der Waals surface area contributed by atoms with E-state index in [-0.39, 0.29) is 35.6 Å². The van der Waals surface area contributed by atoms with Crippen LogP contribution in [0.3, 0.4) is 0 Å². The van der Waals surface area contributed by atoms with Gasteiger partial charge in [-0.3, -0.25) is 9.59 Å². The molecule has 1 aliphatic rings. The molecule has 6 heteroatoms. The smallest absolute Gasteiger partial charge is 0.339 e. The molecule has 2 atom stereocenters. The minimum Gasteiger partial charge on any atom is -0.452 e. The molecule has 0 aromatic heterocycles. The second-order valence-corrected chi connectivity index (χ2v) is 8.20. The van der Waals surface area contributed by atoms with Gasteiger partial charge in [0.2, 0.25) is 0 Å². The second-order valence-electron chi connectivity index (χ2n) is 8.20. The number of hydrogen-bond acceptors (Lipinski definition) is 4. The number of nitrogens with one attached hydrogen (secondary N) is 1. The Kier molecular flexibility index (Phi) is 7.82. The Bertz CT molecular complexity index is 913. The number of benzene rings is 2. The predicted molar refractivity (Wildman–Crippen MR) is 119 cm³/mol.